The first kappa shape index (κ1) is 19.0. The lowest BCUT2D eigenvalue weighted by Crippen LogP contribution is -2.45. The molecule has 5 heteroatoms. The summed E-state index contributed by atoms with van der Waals surface area (Å²) >= 11 is 0. The van der Waals surface area contributed by atoms with Crippen LogP contribution < -0.4 is 10.1 Å². The first-order chi connectivity index (χ1) is 10.7. The van der Waals surface area contributed by atoms with Gasteiger partial charge < -0.3 is 15.2 Å². The van der Waals surface area contributed by atoms with Crippen molar-refractivity contribution in [1.29, 1.82) is 0 Å². The fourth-order valence-corrected chi connectivity index (χ4v) is 2.37. The predicted molar refractivity (Wildman–Crippen MR) is 89.4 cm³/mol. The molecule has 2 N–H and O–H groups in total. The van der Waals surface area contributed by atoms with Gasteiger partial charge in [0, 0.05) is 6.42 Å². The van der Waals surface area contributed by atoms with Crippen molar-refractivity contribution in [3.63, 3.8) is 0 Å². The molecule has 0 heterocycles. The number of carbonyl (C=O) groups excluding carboxylic acids is 1. The molecule has 0 radical (unpaired) electrons. The summed E-state index contributed by atoms with van der Waals surface area (Å²) in [5.74, 6) is 0.145. The zero-order valence-electron chi connectivity index (χ0n) is 14.6. The molecule has 0 aliphatic heterocycles. The number of carboxylic acids is 1. The SMILES string of the molecule is COc1cccc(C(C)(CC(=O)O)NC(=O)CC(C)C(C)C)c1. The molecule has 128 valence electrons. The minimum atomic E-state index is -0.978. The molecule has 2 atom stereocenters. The van der Waals surface area contributed by atoms with Gasteiger partial charge in [0.2, 0.25) is 5.91 Å². The molecule has 1 aromatic carbocycles. The van der Waals surface area contributed by atoms with Gasteiger partial charge in [-0.2, -0.15) is 0 Å². The molecular formula is C18H27NO4. The predicted octanol–water partition coefficient (Wildman–Crippen LogP) is 3.18. The van der Waals surface area contributed by atoms with E-state index in [0.29, 0.717) is 23.7 Å². The van der Waals surface area contributed by atoms with Gasteiger partial charge in [-0.1, -0.05) is 32.9 Å². The molecule has 0 saturated heterocycles. The van der Waals surface area contributed by atoms with Crippen LogP contribution in [0.4, 0.5) is 0 Å². The van der Waals surface area contributed by atoms with Crippen molar-refractivity contribution in [1.82, 2.24) is 5.32 Å². The van der Waals surface area contributed by atoms with E-state index in [1.165, 1.54) is 0 Å². The number of hydrogen-bond donors (Lipinski definition) is 2. The number of carbonyl (C=O) groups is 2. The highest BCUT2D eigenvalue weighted by Gasteiger charge is 2.32. The molecule has 0 fully saturated rings. The number of aliphatic carboxylic acids is 1. The lowest BCUT2D eigenvalue weighted by molar-refractivity contribution is -0.139. The molecule has 23 heavy (non-hydrogen) atoms. The maximum atomic E-state index is 12.3. The molecule has 1 amide bonds. The van der Waals surface area contributed by atoms with Crippen molar-refractivity contribution in [2.75, 3.05) is 7.11 Å². The van der Waals surface area contributed by atoms with Gasteiger partial charge in [-0.25, -0.2) is 0 Å². The van der Waals surface area contributed by atoms with Crippen molar-refractivity contribution >= 4 is 11.9 Å². The molecule has 2 unspecified atom stereocenters. The van der Waals surface area contributed by atoms with Gasteiger partial charge >= 0.3 is 5.97 Å². The maximum absolute atomic E-state index is 12.3. The van der Waals surface area contributed by atoms with Crippen LogP contribution in [0, 0.1) is 11.8 Å². The second-order valence-corrected chi connectivity index (χ2v) is 6.61. The van der Waals surface area contributed by atoms with Crippen LogP contribution >= 0.6 is 0 Å². The second kappa shape index (κ2) is 7.99. The fraction of sp³-hybridized carbons (Fsp3) is 0.556. The Morgan fingerprint density at radius 1 is 1.30 bits per heavy atom. The van der Waals surface area contributed by atoms with Crippen LogP contribution in [0.1, 0.15) is 46.1 Å². The summed E-state index contributed by atoms with van der Waals surface area (Å²) in [7, 11) is 1.55. The van der Waals surface area contributed by atoms with Crippen LogP contribution in [-0.2, 0) is 15.1 Å². The number of rotatable bonds is 8. The highest BCUT2D eigenvalue weighted by molar-refractivity contribution is 5.79. The summed E-state index contributed by atoms with van der Waals surface area (Å²) in [5.41, 5.74) is -0.265. The summed E-state index contributed by atoms with van der Waals surface area (Å²) in [6, 6.07) is 7.14. The maximum Gasteiger partial charge on any atom is 0.306 e. The van der Waals surface area contributed by atoms with Crippen molar-refractivity contribution in [3.05, 3.63) is 29.8 Å². The number of carboxylic acid groups (broad SMARTS) is 1. The molecule has 0 bridgehead atoms. The number of ether oxygens (including phenoxy) is 1. The summed E-state index contributed by atoms with van der Waals surface area (Å²) in [5, 5.41) is 12.1. The number of nitrogens with one attached hydrogen (secondary N) is 1. The Morgan fingerprint density at radius 2 is 1.96 bits per heavy atom. The molecule has 0 aliphatic carbocycles. The molecule has 5 nitrogen and oxygen atoms in total. The van der Waals surface area contributed by atoms with Crippen molar-refractivity contribution in [2.24, 2.45) is 11.8 Å². The third-order valence-corrected chi connectivity index (χ3v) is 4.27. The van der Waals surface area contributed by atoms with Crippen molar-refractivity contribution in [3.8, 4) is 5.75 Å². The lowest BCUT2D eigenvalue weighted by atomic mass is 9.87. The van der Waals surface area contributed by atoms with E-state index in [2.05, 4.69) is 19.2 Å². The molecule has 1 aromatic rings. The fourth-order valence-electron chi connectivity index (χ4n) is 2.37. The van der Waals surface area contributed by atoms with Gasteiger partial charge in [0.15, 0.2) is 0 Å². The van der Waals surface area contributed by atoms with E-state index in [0.717, 1.165) is 0 Å². The number of methoxy groups -OCH3 is 1. The zero-order chi connectivity index (χ0) is 17.6. The van der Waals surface area contributed by atoms with Crippen LogP contribution in [0.25, 0.3) is 0 Å². The lowest BCUT2D eigenvalue weighted by Gasteiger charge is -2.31. The third-order valence-electron chi connectivity index (χ3n) is 4.27. The topological polar surface area (TPSA) is 75.6 Å². The largest absolute Gasteiger partial charge is 0.497 e. The Hall–Kier alpha value is -2.04. The quantitative estimate of drug-likeness (QED) is 0.771. The van der Waals surface area contributed by atoms with Gasteiger partial charge in [0.1, 0.15) is 5.75 Å². The average Bonchev–Trinajstić information content (AvgIpc) is 2.45. The van der Waals surface area contributed by atoms with E-state index in [-0.39, 0.29) is 18.2 Å². The minimum absolute atomic E-state index is 0.141. The Balaban J connectivity index is 3.02. The standard InChI is InChI=1S/C18H27NO4/c1-12(2)13(3)9-16(20)19-18(4,11-17(21)22)14-7-6-8-15(10-14)23-5/h6-8,10,12-13H,9,11H2,1-5H3,(H,19,20)(H,21,22). The highest BCUT2D eigenvalue weighted by atomic mass is 16.5. The van der Waals surface area contributed by atoms with E-state index in [1.54, 1.807) is 38.3 Å². The van der Waals surface area contributed by atoms with Crippen LogP contribution in [0.15, 0.2) is 24.3 Å². The van der Waals surface area contributed by atoms with Crippen LogP contribution in [0.3, 0.4) is 0 Å². The van der Waals surface area contributed by atoms with Gasteiger partial charge in [0.25, 0.3) is 0 Å². The minimum Gasteiger partial charge on any atom is -0.497 e. The molecular weight excluding hydrogens is 294 g/mol. The zero-order valence-corrected chi connectivity index (χ0v) is 14.6. The first-order valence-electron chi connectivity index (χ1n) is 7.85. The Morgan fingerprint density at radius 3 is 2.48 bits per heavy atom. The molecule has 1 rings (SSSR count). The summed E-state index contributed by atoms with van der Waals surface area (Å²) in [6.45, 7) is 7.88. The van der Waals surface area contributed by atoms with E-state index >= 15 is 0 Å². The van der Waals surface area contributed by atoms with Crippen molar-refractivity contribution in [2.45, 2.75) is 46.1 Å². The van der Waals surface area contributed by atoms with Gasteiger partial charge in [-0.3, -0.25) is 9.59 Å². The van der Waals surface area contributed by atoms with E-state index in [4.69, 9.17) is 4.74 Å². The van der Waals surface area contributed by atoms with Gasteiger partial charge in [-0.05, 0) is 36.5 Å². The first-order valence-corrected chi connectivity index (χ1v) is 7.85. The third kappa shape index (κ3) is 5.58. The van der Waals surface area contributed by atoms with Crippen LogP contribution in [0.5, 0.6) is 5.75 Å². The molecule has 0 aliphatic rings. The molecule has 0 saturated carbocycles. The monoisotopic (exact) mass is 321 g/mol. The smallest absolute Gasteiger partial charge is 0.306 e. The van der Waals surface area contributed by atoms with E-state index in [9.17, 15) is 14.7 Å². The average molecular weight is 321 g/mol. The summed E-state index contributed by atoms with van der Waals surface area (Å²) < 4.78 is 5.20. The number of amides is 1. The molecule has 0 spiro atoms. The Kier molecular flexibility index (Phi) is 6.61. The molecule has 0 aromatic heterocycles. The summed E-state index contributed by atoms with van der Waals surface area (Å²) in [4.78, 5) is 23.6. The van der Waals surface area contributed by atoms with E-state index < -0.39 is 11.5 Å². The van der Waals surface area contributed by atoms with Gasteiger partial charge in [0.05, 0.1) is 19.1 Å². The highest BCUT2D eigenvalue weighted by Crippen LogP contribution is 2.28. The number of hydrogen-bond acceptors (Lipinski definition) is 3. The number of benzene rings is 1. The van der Waals surface area contributed by atoms with Crippen LogP contribution in [-0.4, -0.2) is 24.1 Å². The Bertz CT molecular complexity index is 556. The van der Waals surface area contributed by atoms with Gasteiger partial charge in [-0.15, -0.1) is 0 Å². The van der Waals surface area contributed by atoms with E-state index in [1.807, 2.05) is 6.92 Å². The Labute approximate surface area is 138 Å². The normalized spacial score (nSPS) is 14.9. The summed E-state index contributed by atoms with van der Waals surface area (Å²) in [6.07, 6.45) is 0.179. The second-order valence-electron chi connectivity index (χ2n) is 6.61. The van der Waals surface area contributed by atoms with Crippen LogP contribution in [0.2, 0.25) is 0 Å². The van der Waals surface area contributed by atoms with Crippen molar-refractivity contribution < 1.29 is 19.4 Å².